The number of nitrogens with zero attached hydrogens (tertiary/aromatic N) is 1. The van der Waals surface area contributed by atoms with Gasteiger partial charge in [-0.25, -0.2) is 0 Å². The van der Waals surface area contributed by atoms with E-state index < -0.39 is 0 Å². The van der Waals surface area contributed by atoms with Crippen LogP contribution in [-0.2, 0) is 0 Å². The molecule has 0 aromatic carbocycles. The lowest BCUT2D eigenvalue weighted by Gasteiger charge is -2.41. The zero-order chi connectivity index (χ0) is 12.1. The van der Waals surface area contributed by atoms with Crippen molar-refractivity contribution < 1.29 is 0 Å². The molecule has 2 nitrogen and oxygen atoms in total. The van der Waals surface area contributed by atoms with Gasteiger partial charge in [0.2, 0.25) is 0 Å². The fourth-order valence-electron chi connectivity index (χ4n) is 3.12. The summed E-state index contributed by atoms with van der Waals surface area (Å²) in [6, 6.07) is 0.819. The van der Waals surface area contributed by atoms with Gasteiger partial charge in [-0.05, 0) is 24.7 Å². The van der Waals surface area contributed by atoms with Crippen molar-refractivity contribution in [2.24, 2.45) is 11.8 Å². The maximum atomic E-state index is 3.76. The molecule has 100 valence electrons. The summed E-state index contributed by atoms with van der Waals surface area (Å²) in [5, 5.41) is 3.76. The molecule has 0 aromatic rings. The zero-order valence-electron chi connectivity index (χ0n) is 11.8. The second-order valence-corrected chi connectivity index (χ2v) is 6.41. The van der Waals surface area contributed by atoms with Gasteiger partial charge in [0, 0.05) is 32.2 Å². The highest BCUT2D eigenvalue weighted by Crippen LogP contribution is 2.22. The Bertz CT molecular complexity index is 201. The van der Waals surface area contributed by atoms with E-state index in [0.29, 0.717) is 0 Å². The Labute approximate surface area is 107 Å². The minimum Gasteiger partial charge on any atom is -0.313 e. The highest BCUT2D eigenvalue weighted by atomic mass is 15.2. The largest absolute Gasteiger partial charge is 0.313 e. The van der Waals surface area contributed by atoms with E-state index in [0.717, 1.165) is 17.9 Å². The van der Waals surface area contributed by atoms with Crippen molar-refractivity contribution in [1.29, 1.82) is 0 Å². The normalized spacial score (nSPS) is 24.9. The van der Waals surface area contributed by atoms with Crippen molar-refractivity contribution in [1.82, 2.24) is 10.2 Å². The molecule has 0 aromatic heterocycles. The van der Waals surface area contributed by atoms with E-state index in [9.17, 15) is 0 Å². The van der Waals surface area contributed by atoms with Crippen molar-refractivity contribution in [3.63, 3.8) is 0 Å². The summed E-state index contributed by atoms with van der Waals surface area (Å²) in [5.41, 5.74) is 0. The summed E-state index contributed by atoms with van der Waals surface area (Å²) in [5.74, 6) is 1.84. The van der Waals surface area contributed by atoms with Gasteiger partial charge in [0.15, 0.2) is 0 Å². The highest BCUT2D eigenvalue weighted by Gasteiger charge is 2.28. The molecule has 1 aliphatic carbocycles. The molecule has 1 N–H and O–H groups in total. The fourth-order valence-corrected chi connectivity index (χ4v) is 3.12. The molecule has 2 fully saturated rings. The Morgan fingerprint density at radius 1 is 1.06 bits per heavy atom. The fraction of sp³-hybridized carbons (Fsp3) is 1.00. The molecule has 17 heavy (non-hydrogen) atoms. The predicted octanol–water partition coefficient (Wildman–Crippen LogP) is 2.89. The molecule has 0 unspecified atom stereocenters. The van der Waals surface area contributed by atoms with Gasteiger partial charge >= 0.3 is 0 Å². The molecule has 2 rings (SSSR count). The Kier molecular flexibility index (Phi) is 5.30. The average molecular weight is 238 g/mol. The lowest BCUT2D eigenvalue weighted by atomic mass is 9.88. The molecule has 1 heterocycles. The zero-order valence-corrected chi connectivity index (χ0v) is 11.8. The van der Waals surface area contributed by atoms with Crippen molar-refractivity contribution in [2.75, 3.05) is 26.2 Å². The van der Waals surface area contributed by atoms with Gasteiger partial charge < -0.3 is 10.2 Å². The van der Waals surface area contributed by atoms with Crippen LogP contribution < -0.4 is 5.32 Å². The first-order valence-corrected chi connectivity index (χ1v) is 7.71. The lowest BCUT2D eigenvalue weighted by Crippen LogP contribution is -2.51. The van der Waals surface area contributed by atoms with E-state index in [1.807, 2.05) is 0 Å². The van der Waals surface area contributed by atoms with Crippen LogP contribution in [0.15, 0.2) is 0 Å². The van der Waals surface area contributed by atoms with Crippen molar-refractivity contribution in [3.8, 4) is 0 Å². The Morgan fingerprint density at radius 3 is 2.29 bits per heavy atom. The van der Waals surface area contributed by atoms with Crippen LogP contribution in [0.3, 0.4) is 0 Å². The van der Waals surface area contributed by atoms with Gasteiger partial charge in [0.1, 0.15) is 0 Å². The Balaban J connectivity index is 1.51. The van der Waals surface area contributed by atoms with Crippen LogP contribution in [0.2, 0.25) is 0 Å². The second-order valence-electron chi connectivity index (χ2n) is 6.41. The molecule has 0 atom stereocenters. The SMILES string of the molecule is CC(C)C1CN(CCNC2CCCCCC2)C1. The summed E-state index contributed by atoms with van der Waals surface area (Å²) in [7, 11) is 0. The maximum absolute atomic E-state index is 3.76. The third-order valence-corrected chi connectivity index (χ3v) is 4.64. The van der Waals surface area contributed by atoms with Gasteiger partial charge in [-0.3, -0.25) is 0 Å². The van der Waals surface area contributed by atoms with Gasteiger partial charge in [-0.15, -0.1) is 0 Å². The highest BCUT2D eigenvalue weighted by molar-refractivity contribution is 4.82. The smallest absolute Gasteiger partial charge is 0.0107 e. The quantitative estimate of drug-likeness (QED) is 0.741. The van der Waals surface area contributed by atoms with Gasteiger partial charge in [0.05, 0.1) is 0 Å². The van der Waals surface area contributed by atoms with Crippen molar-refractivity contribution >= 4 is 0 Å². The van der Waals surface area contributed by atoms with Gasteiger partial charge in [-0.2, -0.15) is 0 Å². The Morgan fingerprint density at radius 2 is 1.71 bits per heavy atom. The molecule has 2 heteroatoms. The summed E-state index contributed by atoms with van der Waals surface area (Å²) in [6.45, 7) is 9.85. The van der Waals surface area contributed by atoms with E-state index >= 15 is 0 Å². The molecule has 0 bridgehead atoms. The number of nitrogens with one attached hydrogen (secondary N) is 1. The van der Waals surface area contributed by atoms with E-state index in [4.69, 9.17) is 0 Å². The number of hydrogen-bond donors (Lipinski definition) is 1. The monoisotopic (exact) mass is 238 g/mol. The van der Waals surface area contributed by atoms with E-state index in [-0.39, 0.29) is 0 Å². The van der Waals surface area contributed by atoms with Crippen LogP contribution in [0, 0.1) is 11.8 Å². The lowest BCUT2D eigenvalue weighted by molar-refractivity contribution is 0.0689. The van der Waals surface area contributed by atoms with Crippen LogP contribution in [0.4, 0.5) is 0 Å². The molecule has 2 aliphatic rings. The summed E-state index contributed by atoms with van der Waals surface area (Å²) in [6.07, 6.45) is 8.62. The number of hydrogen-bond acceptors (Lipinski definition) is 2. The maximum Gasteiger partial charge on any atom is 0.0107 e. The summed E-state index contributed by atoms with van der Waals surface area (Å²) < 4.78 is 0. The first-order chi connectivity index (χ1) is 8.25. The van der Waals surface area contributed by atoms with Gasteiger partial charge in [0.25, 0.3) is 0 Å². The molecule has 1 saturated carbocycles. The molecule has 0 radical (unpaired) electrons. The molecule has 0 amide bonds. The van der Waals surface area contributed by atoms with Gasteiger partial charge in [-0.1, -0.05) is 39.5 Å². The topological polar surface area (TPSA) is 15.3 Å². The number of rotatable bonds is 5. The van der Waals surface area contributed by atoms with E-state index in [1.165, 1.54) is 64.7 Å². The number of likely N-dealkylation sites (tertiary alicyclic amines) is 1. The predicted molar refractivity (Wildman–Crippen MR) is 74.3 cm³/mol. The minimum absolute atomic E-state index is 0.819. The first kappa shape index (κ1) is 13.4. The summed E-state index contributed by atoms with van der Waals surface area (Å²) >= 11 is 0. The van der Waals surface area contributed by atoms with E-state index in [2.05, 4.69) is 24.1 Å². The van der Waals surface area contributed by atoms with Crippen molar-refractivity contribution in [2.45, 2.75) is 58.4 Å². The average Bonchev–Trinajstić information content (AvgIpc) is 2.49. The third kappa shape index (κ3) is 4.26. The van der Waals surface area contributed by atoms with Crippen LogP contribution >= 0.6 is 0 Å². The second kappa shape index (κ2) is 6.75. The molecule has 1 saturated heterocycles. The minimum atomic E-state index is 0.819. The van der Waals surface area contributed by atoms with Crippen LogP contribution in [-0.4, -0.2) is 37.1 Å². The first-order valence-electron chi connectivity index (χ1n) is 7.71. The third-order valence-electron chi connectivity index (χ3n) is 4.64. The van der Waals surface area contributed by atoms with Crippen LogP contribution in [0.1, 0.15) is 52.4 Å². The van der Waals surface area contributed by atoms with E-state index in [1.54, 1.807) is 0 Å². The molecular formula is C15H30N2. The molecule has 0 spiro atoms. The van der Waals surface area contributed by atoms with Crippen LogP contribution in [0.25, 0.3) is 0 Å². The molecular weight excluding hydrogens is 208 g/mol. The molecule has 1 aliphatic heterocycles. The summed E-state index contributed by atoms with van der Waals surface area (Å²) in [4.78, 5) is 2.61. The van der Waals surface area contributed by atoms with Crippen LogP contribution in [0.5, 0.6) is 0 Å². The standard InChI is InChI=1S/C15H30N2/c1-13(2)14-11-17(12-14)10-9-16-15-7-5-3-4-6-8-15/h13-16H,3-12H2,1-2H3. The van der Waals surface area contributed by atoms with Crippen molar-refractivity contribution in [3.05, 3.63) is 0 Å². The Hall–Kier alpha value is -0.0800.